The zero-order valence-electron chi connectivity index (χ0n) is 13.7. The zero-order valence-corrected chi connectivity index (χ0v) is 13.7. The fraction of sp³-hybridized carbons (Fsp3) is 0.667. The summed E-state index contributed by atoms with van der Waals surface area (Å²) in [6.07, 6.45) is 1.23. The molecule has 1 N–H and O–H groups in total. The molecular formula is C18H30N2. The van der Waals surface area contributed by atoms with Crippen molar-refractivity contribution >= 4 is 0 Å². The largest absolute Gasteiger partial charge is 0.312 e. The molecule has 2 rings (SSSR count). The fourth-order valence-electron chi connectivity index (χ4n) is 2.86. The molecule has 0 radical (unpaired) electrons. The van der Waals surface area contributed by atoms with Crippen molar-refractivity contribution in [3.05, 3.63) is 35.4 Å². The van der Waals surface area contributed by atoms with Crippen LogP contribution in [-0.4, -0.2) is 30.1 Å². The van der Waals surface area contributed by atoms with Crippen LogP contribution in [0.5, 0.6) is 0 Å². The molecule has 0 bridgehead atoms. The van der Waals surface area contributed by atoms with Crippen molar-refractivity contribution < 1.29 is 0 Å². The van der Waals surface area contributed by atoms with Crippen molar-refractivity contribution in [1.29, 1.82) is 0 Å². The summed E-state index contributed by atoms with van der Waals surface area (Å²) in [5, 5.41) is 3.74. The second kappa shape index (κ2) is 6.28. The van der Waals surface area contributed by atoms with E-state index in [0.717, 1.165) is 19.6 Å². The average molecular weight is 274 g/mol. The van der Waals surface area contributed by atoms with Gasteiger partial charge < -0.3 is 5.32 Å². The van der Waals surface area contributed by atoms with E-state index < -0.39 is 0 Å². The zero-order chi connectivity index (χ0) is 14.8. The Morgan fingerprint density at radius 1 is 1.20 bits per heavy atom. The van der Waals surface area contributed by atoms with Gasteiger partial charge in [0.05, 0.1) is 0 Å². The lowest BCUT2D eigenvalue weighted by molar-refractivity contribution is 0.157. The molecule has 0 amide bonds. The third-order valence-corrected chi connectivity index (χ3v) is 4.54. The van der Waals surface area contributed by atoms with Gasteiger partial charge >= 0.3 is 0 Å². The summed E-state index contributed by atoms with van der Waals surface area (Å²) in [6, 6.07) is 10.2. The highest BCUT2D eigenvalue weighted by Gasteiger charge is 2.30. The molecule has 1 aromatic carbocycles. The van der Waals surface area contributed by atoms with Gasteiger partial charge in [-0.3, -0.25) is 4.90 Å². The SMILES string of the molecule is Cc1ccc(CN2CC(C(C)(C)C)NCCC2C)cc1. The van der Waals surface area contributed by atoms with Gasteiger partial charge in [0.1, 0.15) is 0 Å². The number of benzene rings is 1. The molecule has 1 aromatic rings. The van der Waals surface area contributed by atoms with Gasteiger partial charge in [-0.2, -0.15) is 0 Å². The lowest BCUT2D eigenvalue weighted by Gasteiger charge is -2.35. The summed E-state index contributed by atoms with van der Waals surface area (Å²) in [4.78, 5) is 2.64. The second-order valence-electron chi connectivity index (χ2n) is 7.43. The Morgan fingerprint density at radius 3 is 2.45 bits per heavy atom. The predicted octanol–water partition coefficient (Wildman–Crippen LogP) is 3.59. The molecule has 2 unspecified atom stereocenters. The Balaban J connectivity index is 2.08. The molecule has 1 saturated heterocycles. The highest BCUT2D eigenvalue weighted by molar-refractivity contribution is 5.21. The maximum Gasteiger partial charge on any atom is 0.0243 e. The molecule has 20 heavy (non-hydrogen) atoms. The van der Waals surface area contributed by atoms with Gasteiger partial charge in [0.2, 0.25) is 0 Å². The number of nitrogens with one attached hydrogen (secondary N) is 1. The quantitative estimate of drug-likeness (QED) is 0.886. The van der Waals surface area contributed by atoms with Crippen molar-refractivity contribution in [2.75, 3.05) is 13.1 Å². The lowest BCUT2D eigenvalue weighted by atomic mass is 9.86. The first kappa shape index (κ1) is 15.5. The molecule has 112 valence electrons. The monoisotopic (exact) mass is 274 g/mol. The van der Waals surface area contributed by atoms with E-state index in [9.17, 15) is 0 Å². The van der Waals surface area contributed by atoms with Crippen LogP contribution in [0.25, 0.3) is 0 Å². The van der Waals surface area contributed by atoms with E-state index in [1.807, 2.05) is 0 Å². The number of hydrogen-bond donors (Lipinski definition) is 1. The first-order chi connectivity index (χ1) is 9.36. The molecule has 0 saturated carbocycles. The van der Waals surface area contributed by atoms with Crippen LogP contribution in [0, 0.1) is 12.3 Å². The van der Waals surface area contributed by atoms with Crippen LogP contribution >= 0.6 is 0 Å². The second-order valence-corrected chi connectivity index (χ2v) is 7.43. The van der Waals surface area contributed by atoms with Gasteiger partial charge in [0, 0.05) is 25.2 Å². The number of nitrogens with zero attached hydrogens (tertiary/aromatic N) is 1. The first-order valence-electron chi connectivity index (χ1n) is 7.89. The van der Waals surface area contributed by atoms with Crippen molar-refractivity contribution in [3.63, 3.8) is 0 Å². The van der Waals surface area contributed by atoms with Gasteiger partial charge in [0.25, 0.3) is 0 Å². The van der Waals surface area contributed by atoms with Crippen molar-refractivity contribution in [2.24, 2.45) is 5.41 Å². The van der Waals surface area contributed by atoms with Crippen LogP contribution in [0.15, 0.2) is 24.3 Å². The highest BCUT2D eigenvalue weighted by Crippen LogP contribution is 2.24. The number of hydrogen-bond acceptors (Lipinski definition) is 2. The molecule has 1 heterocycles. The van der Waals surface area contributed by atoms with Crippen LogP contribution in [0.2, 0.25) is 0 Å². The molecule has 0 aromatic heterocycles. The Labute approximate surface area is 124 Å². The molecule has 2 nitrogen and oxygen atoms in total. The minimum atomic E-state index is 0.315. The summed E-state index contributed by atoms with van der Waals surface area (Å²) < 4.78 is 0. The van der Waals surface area contributed by atoms with E-state index in [4.69, 9.17) is 0 Å². The Morgan fingerprint density at radius 2 is 1.85 bits per heavy atom. The smallest absolute Gasteiger partial charge is 0.0243 e. The third-order valence-electron chi connectivity index (χ3n) is 4.54. The Bertz CT molecular complexity index is 416. The van der Waals surface area contributed by atoms with Gasteiger partial charge in [-0.15, -0.1) is 0 Å². The van der Waals surface area contributed by atoms with E-state index in [0.29, 0.717) is 17.5 Å². The predicted molar refractivity (Wildman–Crippen MR) is 86.9 cm³/mol. The third kappa shape index (κ3) is 4.07. The van der Waals surface area contributed by atoms with Crippen LogP contribution in [0.4, 0.5) is 0 Å². The van der Waals surface area contributed by atoms with E-state index in [-0.39, 0.29) is 0 Å². The summed E-state index contributed by atoms with van der Waals surface area (Å²) >= 11 is 0. The minimum absolute atomic E-state index is 0.315. The number of aryl methyl sites for hydroxylation is 1. The summed E-state index contributed by atoms with van der Waals surface area (Å²) in [5.74, 6) is 0. The molecular weight excluding hydrogens is 244 g/mol. The molecule has 2 heteroatoms. The Kier molecular flexibility index (Phi) is 4.87. The van der Waals surface area contributed by atoms with Crippen LogP contribution in [-0.2, 0) is 6.54 Å². The van der Waals surface area contributed by atoms with E-state index in [2.05, 4.69) is 69.1 Å². The van der Waals surface area contributed by atoms with Crippen molar-refractivity contribution in [3.8, 4) is 0 Å². The molecule has 0 aliphatic carbocycles. The lowest BCUT2D eigenvalue weighted by Crippen LogP contribution is -2.47. The normalized spacial score (nSPS) is 25.4. The highest BCUT2D eigenvalue weighted by atomic mass is 15.2. The maximum atomic E-state index is 3.74. The Hall–Kier alpha value is -0.860. The summed E-state index contributed by atoms with van der Waals surface area (Å²) in [7, 11) is 0. The molecule has 1 aliphatic rings. The minimum Gasteiger partial charge on any atom is -0.312 e. The van der Waals surface area contributed by atoms with Crippen molar-refractivity contribution in [1.82, 2.24) is 10.2 Å². The van der Waals surface area contributed by atoms with Gasteiger partial charge in [0.15, 0.2) is 0 Å². The van der Waals surface area contributed by atoms with Crippen LogP contribution in [0.3, 0.4) is 0 Å². The van der Waals surface area contributed by atoms with E-state index in [1.165, 1.54) is 17.5 Å². The molecule has 0 spiro atoms. The van der Waals surface area contributed by atoms with Gasteiger partial charge in [-0.05, 0) is 37.8 Å². The topological polar surface area (TPSA) is 15.3 Å². The average Bonchev–Trinajstić information content (AvgIpc) is 2.55. The van der Waals surface area contributed by atoms with Gasteiger partial charge in [-0.25, -0.2) is 0 Å². The summed E-state index contributed by atoms with van der Waals surface area (Å²) in [5.41, 5.74) is 3.08. The molecule has 1 fully saturated rings. The molecule has 1 aliphatic heterocycles. The fourth-order valence-corrected chi connectivity index (χ4v) is 2.86. The molecule has 2 atom stereocenters. The van der Waals surface area contributed by atoms with Crippen LogP contribution in [0.1, 0.15) is 45.2 Å². The number of rotatable bonds is 2. The van der Waals surface area contributed by atoms with E-state index in [1.54, 1.807) is 0 Å². The van der Waals surface area contributed by atoms with Crippen LogP contribution < -0.4 is 5.32 Å². The summed E-state index contributed by atoms with van der Waals surface area (Å²) in [6.45, 7) is 14.9. The van der Waals surface area contributed by atoms with Gasteiger partial charge in [-0.1, -0.05) is 50.6 Å². The standard InChI is InChI=1S/C18H30N2/c1-14-6-8-16(9-7-14)12-20-13-17(18(3,4)5)19-11-10-15(20)2/h6-9,15,17,19H,10-13H2,1-5H3. The van der Waals surface area contributed by atoms with E-state index >= 15 is 0 Å². The van der Waals surface area contributed by atoms with Crippen molar-refractivity contribution in [2.45, 2.75) is 59.7 Å². The first-order valence-corrected chi connectivity index (χ1v) is 7.89. The maximum absolute atomic E-state index is 3.74.